The van der Waals surface area contributed by atoms with Crippen LogP contribution in [0.25, 0.3) is 0 Å². The van der Waals surface area contributed by atoms with E-state index in [1.807, 2.05) is 5.48 Å². The average molecular weight is 215 g/mol. The van der Waals surface area contributed by atoms with Gasteiger partial charge in [-0.15, -0.1) is 0 Å². The number of carbonyl (C=O) groups excluding carboxylic acids is 2. The van der Waals surface area contributed by atoms with Crippen LogP contribution in [0.15, 0.2) is 43.0 Å². The molecule has 0 saturated heterocycles. The predicted octanol–water partition coefficient (Wildman–Crippen LogP) is 0.412. The van der Waals surface area contributed by atoms with Gasteiger partial charge in [-0.25, -0.2) is 4.79 Å². The van der Waals surface area contributed by atoms with Gasteiger partial charge in [0.1, 0.15) is 0 Å². The van der Waals surface area contributed by atoms with Gasteiger partial charge >= 0.3 is 35.5 Å². The molecule has 1 amide bonds. The Bertz CT molecular complexity index is 351. The molecule has 0 aliphatic heterocycles. The zero-order valence-electron chi connectivity index (χ0n) is 7.40. The third kappa shape index (κ3) is 4.78. The Morgan fingerprint density at radius 1 is 1.27 bits per heavy atom. The van der Waals surface area contributed by atoms with Crippen molar-refractivity contribution in [3.8, 4) is 0 Å². The number of rotatable bonds is 2. The Labute approximate surface area is 110 Å². The molecule has 0 bridgehead atoms. The Kier molecular flexibility index (Phi) is 6.70. The van der Waals surface area contributed by atoms with Crippen LogP contribution >= 0.6 is 0 Å². The van der Waals surface area contributed by atoms with Crippen LogP contribution in [-0.2, 0) is 9.63 Å². The van der Waals surface area contributed by atoms with Crippen molar-refractivity contribution in [1.29, 1.82) is 0 Å². The second kappa shape index (κ2) is 7.23. The van der Waals surface area contributed by atoms with Crippen LogP contribution < -0.4 is 5.48 Å². The first-order valence-corrected chi connectivity index (χ1v) is 3.92. The minimum atomic E-state index is -0.610. The van der Waals surface area contributed by atoms with Crippen molar-refractivity contribution in [3.63, 3.8) is 0 Å². The third-order valence-corrected chi connectivity index (χ3v) is 1.44. The fourth-order valence-corrected chi connectivity index (χ4v) is 0.771. The molecule has 0 spiro atoms. The molecular weight excluding hydrogens is 205 g/mol. The van der Waals surface area contributed by atoms with Crippen molar-refractivity contribution in [2.45, 2.75) is 0 Å². The molecule has 0 aliphatic rings. The standard InChI is InChI=1S/C10H9NO3.Na.H/c1-2-9(12)11-14-10(13)8-6-4-3-5-7-8;;/h2-7H,1H2,(H,11,12);;. The normalized spacial score (nSPS) is 8.27. The maximum absolute atomic E-state index is 11.2. The minimum absolute atomic E-state index is 0. The van der Waals surface area contributed by atoms with Crippen LogP contribution in [0.4, 0.5) is 0 Å². The summed E-state index contributed by atoms with van der Waals surface area (Å²) in [6, 6.07) is 8.35. The van der Waals surface area contributed by atoms with Crippen LogP contribution in [0.3, 0.4) is 0 Å². The van der Waals surface area contributed by atoms with Gasteiger partial charge in [-0.3, -0.25) is 4.79 Å². The SMILES string of the molecule is C=CC(=O)NOC(=O)c1ccccc1.[NaH]. The van der Waals surface area contributed by atoms with Crippen LogP contribution in [0.5, 0.6) is 0 Å². The molecule has 1 rings (SSSR count). The van der Waals surface area contributed by atoms with Crippen LogP contribution in [0, 0.1) is 0 Å². The molecule has 0 fully saturated rings. The van der Waals surface area contributed by atoms with Gasteiger partial charge in [-0.1, -0.05) is 24.8 Å². The van der Waals surface area contributed by atoms with Gasteiger partial charge in [-0.2, -0.15) is 5.48 Å². The maximum atomic E-state index is 11.2. The fourth-order valence-electron chi connectivity index (χ4n) is 0.771. The van der Waals surface area contributed by atoms with Gasteiger partial charge in [0, 0.05) is 0 Å². The fraction of sp³-hybridized carbons (Fsp3) is 0. The number of benzene rings is 1. The quantitative estimate of drug-likeness (QED) is 0.441. The van der Waals surface area contributed by atoms with Crippen molar-refractivity contribution in [2.24, 2.45) is 0 Å². The van der Waals surface area contributed by atoms with E-state index in [0.717, 1.165) is 6.08 Å². The molecule has 74 valence electrons. The molecule has 0 aromatic heterocycles. The van der Waals surface area contributed by atoms with Crippen molar-refractivity contribution in [3.05, 3.63) is 48.6 Å². The summed E-state index contributed by atoms with van der Waals surface area (Å²) in [5, 5.41) is 0. The van der Waals surface area contributed by atoms with E-state index >= 15 is 0 Å². The molecule has 5 heteroatoms. The molecule has 0 unspecified atom stereocenters. The number of nitrogens with one attached hydrogen (secondary N) is 1. The molecular formula is C10H10NNaO3. The van der Waals surface area contributed by atoms with E-state index in [2.05, 4.69) is 11.4 Å². The van der Waals surface area contributed by atoms with E-state index in [-0.39, 0.29) is 29.6 Å². The van der Waals surface area contributed by atoms with E-state index < -0.39 is 11.9 Å². The predicted molar refractivity (Wildman–Crippen MR) is 57.3 cm³/mol. The van der Waals surface area contributed by atoms with Gasteiger partial charge in [0.25, 0.3) is 5.91 Å². The summed E-state index contributed by atoms with van der Waals surface area (Å²) in [7, 11) is 0. The van der Waals surface area contributed by atoms with Crippen molar-refractivity contribution < 1.29 is 14.4 Å². The molecule has 0 radical (unpaired) electrons. The Balaban J connectivity index is 0.00000196. The number of carbonyl (C=O) groups is 2. The van der Waals surface area contributed by atoms with Crippen molar-refractivity contribution in [2.75, 3.05) is 0 Å². The topological polar surface area (TPSA) is 55.4 Å². The molecule has 1 N–H and O–H groups in total. The second-order valence-corrected chi connectivity index (χ2v) is 2.43. The molecule has 0 saturated carbocycles. The summed E-state index contributed by atoms with van der Waals surface area (Å²) in [5.41, 5.74) is 2.30. The zero-order chi connectivity index (χ0) is 10.4. The third-order valence-electron chi connectivity index (χ3n) is 1.44. The van der Waals surface area contributed by atoms with E-state index in [4.69, 9.17) is 0 Å². The molecule has 1 aromatic rings. The summed E-state index contributed by atoms with van der Waals surface area (Å²) in [6.07, 6.45) is 1.01. The number of amides is 1. The second-order valence-electron chi connectivity index (χ2n) is 2.43. The molecule has 0 atom stereocenters. The Morgan fingerprint density at radius 3 is 2.40 bits per heavy atom. The number of hydrogen-bond donors (Lipinski definition) is 1. The van der Waals surface area contributed by atoms with Gasteiger partial charge in [-0.05, 0) is 18.2 Å². The van der Waals surface area contributed by atoms with Crippen molar-refractivity contribution >= 4 is 41.4 Å². The first kappa shape index (κ1) is 13.9. The Morgan fingerprint density at radius 2 is 1.87 bits per heavy atom. The van der Waals surface area contributed by atoms with E-state index in [9.17, 15) is 9.59 Å². The van der Waals surface area contributed by atoms with Crippen LogP contribution in [0.1, 0.15) is 10.4 Å². The van der Waals surface area contributed by atoms with E-state index in [1.165, 1.54) is 0 Å². The van der Waals surface area contributed by atoms with E-state index in [0.29, 0.717) is 5.56 Å². The molecule has 4 nitrogen and oxygen atoms in total. The average Bonchev–Trinajstić information content (AvgIpc) is 2.26. The Hall–Kier alpha value is -1.10. The summed E-state index contributed by atoms with van der Waals surface area (Å²) in [6.45, 7) is 3.21. The number of hydroxylamine groups is 1. The zero-order valence-corrected chi connectivity index (χ0v) is 7.40. The number of hydrogen-bond acceptors (Lipinski definition) is 3. The van der Waals surface area contributed by atoms with E-state index in [1.54, 1.807) is 30.3 Å². The van der Waals surface area contributed by atoms with Gasteiger partial charge < -0.3 is 4.84 Å². The molecule has 0 heterocycles. The van der Waals surface area contributed by atoms with Gasteiger partial charge in [0.2, 0.25) is 0 Å². The van der Waals surface area contributed by atoms with Crippen molar-refractivity contribution in [1.82, 2.24) is 5.48 Å². The van der Waals surface area contributed by atoms with Crippen LogP contribution in [0.2, 0.25) is 0 Å². The van der Waals surface area contributed by atoms with Gasteiger partial charge in [0.05, 0.1) is 5.56 Å². The summed E-state index contributed by atoms with van der Waals surface area (Å²) in [5.74, 6) is -1.17. The molecule has 15 heavy (non-hydrogen) atoms. The summed E-state index contributed by atoms with van der Waals surface area (Å²) in [4.78, 5) is 26.3. The molecule has 0 aliphatic carbocycles. The molecule has 1 aromatic carbocycles. The summed E-state index contributed by atoms with van der Waals surface area (Å²) >= 11 is 0. The first-order valence-electron chi connectivity index (χ1n) is 3.92. The summed E-state index contributed by atoms with van der Waals surface area (Å²) < 4.78 is 0. The van der Waals surface area contributed by atoms with Gasteiger partial charge in [0.15, 0.2) is 0 Å². The first-order chi connectivity index (χ1) is 6.74. The monoisotopic (exact) mass is 215 g/mol. The van der Waals surface area contributed by atoms with Crippen LogP contribution in [-0.4, -0.2) is 41.4 Å².